The maximum absolute atomic E-state index is 12.3. The maximum atomic E-state index is 12.3. The molecule has 0 bridgehead atoms. The molecule has 0 aliphatic carbocycles. The Kier molecular flexibility index (Phi) is 4.88. The number of rotatable bonds is 5. The second kappa shape index (κ2) is 7.25. The number of carbonyl (C=O) groups is 1. The predicted octanol–water partition coefficient (Wildman–Crippen LogP) is 2.45. The molecule has 0 atom stereocenters. The molecule has 0 unspecified atom stereocenters. The number of amides is 1. The topological polar surface area (TPSA) is 72.7 Å². The fraction of sp³-hybridized carbons (Fsp3) is 0.263. The van der Waals surface area contributed by atoms with Crippen LogP contribution in [0.3, 0.4) is 0 Å². The Morgan fingerprint density at radius 1 is 1.12 bits per heavy atom. The number of aromatic nitrogens is 4. The number of nitrogens with zero attached hydrogens (tertiary/aromatic N) is 4. The van der Waals surface area contributed by atoms with E-state index in [1.54, 1.807) is 10.9 Å². The smallest absolute Gasteiger partial charge is 0.224 e. The first-order valence-electron chi connectivity index (χ1n) is 8.20. The van der Waals surface area contributed by atoms with E-state index in [2.05, 4.69) is 20.4 Å². The van der Waals surface area contributed by atoms with Gasteiger partial charge < -0.3 is 5.32 Å². The summed E-state index contributed by atoms with van der Waals surface area (Å²) in [5, 5.41) is 7.45. The monoisotopic (exact) mass is 335 g/mol. The molecule has 1 amide bonds. The number of aryl methyl sites for hydroxylation is 2. The van der Waals surface area contributed by atoms with Gasteiger partial charge in [0.2, 0.25) is 5.91 Å². The first-order valence-corrected chi connectivity index (χ1v) is 8.20. The van der Waals surface area contributed by atoms with E-state index in [-0.39, 0.29) is 12.3 Å². The molecule has 6 nitrogen and oxygen atoms in total. The number of nitrogens with one attached hydrogen (secondary N) is 1. The SMILES string of the molecule is Cc1cccc(CNC(=O)Cc2c(C)nn(-c3ccccn3)c2C)n1. The van der Waals surface area contributed by atoms with Crippen LogP contribution in [0.25, 0.3) is 5.82 Å². The summed E-state index contributed by atoms with van der Waals surface area (Å²) < 4.78 is 1.78. The Balaban J connectivity index is 1.70. The van der Waals surface area contributed by atoms with Crippen LogP contribution in [0, 0.1) is 20.8 Å². The molecular formula is C19H21N5O. The van der Waals surface area contributed by atoms with Gasteiger partial charge in [-0.3, -0.25) is 9.78 Å². The van der Waals surface area contributed by atoms with E-state index in [9.17, 15) is 4.79 Å². The lowest BCUT2D eigenvalue weighted by atomic mass is 10.1. The van der Waals surface area contributed by atoms with Gasteiger partial charge in [0.15, 0.2) is 5.82 Å². The molecule has 6 heteroatoms. The standard InChI is InChI=1S/C19H21N5O/c1-13-7-6-8-16(22-13)12-21-19(25)11-17-14(2)23-24(15(17)3)18-9-4-5-10-20-18/h4-10H,11-12H2,1-3H3,(H,21,25). The molecule has 3 rings (SSSR count). The van der Waals surface area contributed by atoms with Crippen molar-refractivity contribution in [1.29, 1.82) is 0 Å². The summed E-state index contributed by atoms with van der Waals surface area (Å²) in [4.78, 5) is 21.0. The minimum atomic E-state index is -0.0462. The van der Waals surface area contributed by atoms with Gasteiger partial charge in [-0.15, -0.1) is 0 Å². The third-order valence-corrected chi connectivity index (χ3v) is 4.06. The van der Waals surface area contributed by atoms with E-state index in [1.165, 1.54) is 0 Å². The van der Waals surface area contributed by atoms with Gasteiger partial charge in [-0.1, -0.05) is 12.1 Å². The summed E-state index contributed by atoms with van der Waals surface area (Å²) in [5.41, 5.74) is 4.49. The summed E-state index contributed by atoms with van der Waals surface area (Å²) in [6, 6.07) is 11.5. The first-order chi connectivity index (χ1) is 12.0. The van der Waals surface area contributed by atoms with Gasteiger partial charge in [-0.2, -0.15) is 5.10 Å². The molecule has 0 saturated carbocycles. The second-order valence-electron chi connectivity index (χ2n) is 5.97. The Morgan fingerprint density at radius 2 is 1.96 bits per heavy atom. The molecule has 3 heterocycles. The lowest BCUT2D eigenvalue weighted by Crippen LogP contribution is -2.25. The van der Waals surface area contributed by atoms with E-state index in [1.807, 2.05) is 57.2 Å². The summed E-state index contributed by atoms with van der Waals surface area (Å²) >= 11 is 0. The molecule has 1 N–H and O–H groups in total. The van der Waals surface area contributed by atoms with Gasteiger partial charge >= 0.3 is 0 Å². The highest BCUT2D eigenvalue weighted by atomic mass is 16.1. The Hall–Kier alpha value is -3.02. The molecule has 0 saturated heterocycles. The maximum Gasteiger partial charge on any atom is 0.224 e. The lowest BCUT2D eigenvalue weighted by Gasteiger charge is -2.07. The van der Waals surface area contributed by atoms with Crippen molar-refractivity contribution in [2.24, 2.45) is 0 Å². The first kappa shape index (κ1) is 16.8. The molecule has 3 aromatic heterocycles. The van der Waals surface area contributed by atoms with Crippen molar-refractivity contribution >= 4 is 5.91 Å². The van der Waals surface area contributed by atoms with Crippen molar-refractivity contribution in [2.75, 3.05) is 0 Å². The number of carbonyl (C=O) groups excluding carboxylic acids is 1. The van der Waals surface area contributed by atoms with Crippen LogP contribution in [0.1, 0.15) is 28.3 Å². The van der Waals surface area contributed by atoms with Gasteiger partial charge in [0, 0.05) is 23.1 Å². The van der Waals surface area contributed by atoms with Gasteiger partial charge in [0.05, 0.1) is 24.4 Å². The van der Waals surface area contributed by atoms with E-state index >= 15 is 0 Å². The van der Waals surface area contributed by atoms with Gasteiger partial charge in [0.25, 0.3) is 0 Å². The van der Waals surface area contributed by atoms with Crippen molar-refractivity contribution in [3.63, 3.8) is 0 Å². The number of hydrogen-bond donors (Lipinski definition) is 1. The van der Waals surface area contributed by atoms with Gasteiger partial charge in [0.1, 0.15) is 0 Å². The van der Waals surface area contributed by atoms with E-state index in [0.29, 0.717) is 6.54 Å². The molecule has 0 aromatic carbocycles. The highest BCUT2D eigenvalue weighted by Gasteiger charge is 2.16. The normalized spacial score (nSPS) is 10.7. The highest BCUT2D eigenvalue weighted by Crippen LogP contribution is 2.17. The molecule has 3 aromatic rings. The van der Waals surface area contributed by atoms with Crippen molar-refractivity contribution in [3.05, 3.63) is 70.9 Å². The van der Waals surface area contributed by atoms with Crippen LogP contribution >= 0.6 is 0 Å². The fourth-order valence-electron chi connectivity index (χ4n) is 2.74. The van der Waals surface area contributed by atoms with E-state index in [4.69, 9.17) is 0 Å². The van der Waals surface area contributed by atoms with Crippen molar-refractivity contribution < 1.29 is 4.79 Å². The molecule has 0 aliphatic heterocycles. The Morgan fingerprint density at radius 3 is 2.68 bits per heavy atom. The number of pyridine rings is 2. The van der Waals surface area contributed by atoms with Crippen LogP contribution < -0.4 is 5.32 Å². The van der Waals surface area contributed by atoms with E-state index in [0.717, 1.165) is 34.2 Å². The third-order valence-electron chi connectivity index (χ3n) is 4.06. The Bertz CT molecular complexity index is 886. The molecule has 128 valence electrons. The summed E-state index contributed by atoms with van der Waals surface area (Å²) in [7, 11) is 0. The van der Waals surface area contributed by atoms with Crippen LogP contribution in [0.15, 0.2) is 42.6 Å². The molecule has 0 radical (unpaired) electrons. The quantitative estimate of drug-likeness (QED) is 0.777. The fourth-order valence-corrected chi connectivity index (χ4v) is 2.74. The van der Waals surface area contributed by atoms with Crippen molar-refractivity contribution in [2.45, 2.75) is 33.7 Å². The molecule has 25 heavy (non-hydrogen) atoms. The van der Waals surface area contributed by atoms with Crippen molar-refractivity contribution in [3.8, 4) is 5.82 Å². The second-order valence-corrected chi connectivity index (χ2v) is 5.97. The minimum absolute atomic E-state index is 0.0462. The summed E-state index contributed by atoms with van der Waals surface area (Å²) in [6.45, 7) is 6.23. The average Bonchev–Trinajstić information content (AvgIpc) is 2.89. The van der Waals surface area contributed by atoms with Crippen LogP contribution in [-0.2, 0) is 17.8 Å². The summed E-state index contributed by atoms with van der Waals surface area (Å²) in [6.07, 6.45) is 2.02. The highest BCUT2D eigenvalue weighted by molar-refractivity contribution is 5.79. The largest absolute Gasteiger partial charge is 0.350 e. The third kappa shape index (κ3) is 3.91. The summed E-state index contributed by atoms with van der Waals surface area (Å²) in [5.74, 6) is 0.703. The predicted molar refractivity (Wildman–Crippen MR) is 95.4 cm³/mol. The minimum Gasteiger partial charge on any atom is -0.350 e. The van der Waals surface area contributed by atoms with Crippen molar-refractivity contribution in [1.82, 2.24) is 25.1 Å². The zero-order chi connectivity index (χ0) is 17.8. The molecule has 0 fully saturated rings. The van der Waals surface area contributed by atoms with Crippen LogP contribution in [0.4, 0.5) is 0 Å². The van der Waals surface area contributed by atoms with Gasteiger partial charge in [-0.25, -0.2) is 9.67 Å². The molecule has 0 aliphatic rings. The molecule has 0 spiro atoms. The van der Waals surface area contributed by atoms with Crippen LogP contribution in [0.5, 0.6) is 0 Å². The number of hydrogen-bond acceptors (Lipinski definition) is 4. The van der Waals surface area contributed by atoms with E-state index < -0.39 is 0 Å². The van der Waals surface area contributed by atoms with Crippen LogP contribution in [0.2, 0.25) is 0 Å². The lowest BCUT2D eigenvalue weighted by molar-refractivity contribution is -0.120. The van der Waals surface area contributed by atoms with Gasteiger partial charge in [-0.05, 0) is 45.0 Å². The average molecular weight is 335 g/mol. The van der Waals surface area contributed by atoms with Crippen LogP contribution in [-0.4, -0.2) is 25.7 Å². The Labute approximate surface area is 146 Å². The zero-order valence-electron chi connectivity index (χ0n) is 14.7. The molecular weight excluding hydrogens is 314 g/mol. The zero-order valence-corrected chi connectivity index (χ0v) is 14.7.